The molecule has 2 aliphatic rings. The van der Waals surface area contributed by atoms with Gasteiger partial charge < -0.3 is 15.4 Å². The first-order valence-electron chi connectivity index (χ1n) is 8.80. The molecule has 3 rings (SSSR count). The molecule has 23 heavy (non-hydrogen) atoms. The first-order chi connectivity index (χ1) is 11.1. The number of hydrogen-bond acceptors (Lipinski definition) is 3. The van der Waals surface area contributed by atoms with Crippen LogP contribution in [0.1, 0.15) is 38.2 Å². The van der Waals surface area contributed by atoms with E-state index in [1.807, 2.05) is 17.9 Å². The Bertz CT molecular complexity index is 519. The van der Waals surface area contributed by atoms with Crippen LogP contribution in [-0.2, 0) is 14.9 Å². The van der Waals surface area contributed by atoms with Crippen molar-refractivity contribution in [2.45, 2.75) is 44.1 Å². The number of carbonyl (C=O) groups is 1. The summed E-state index contributed by atoms with van der Waals surface area (Å²) in [6.07, 6.45) is 4.03. The van der Waals surface area contributed by atoms with Crippen LogP contribution in [0.3, 0.4) is 0 Å². The van der Waals surface area contributed by atoms with Crippen LogP contribution >= 0.6 is 0 Å². The lowest BCUT2D eigenvalue weighted by Crippen LogP contribution is -2.50. The summed E-state index contributed by atoms with van der Waals surface area (Å²) in [4.78, 5) is 14.5. The zero-order valence-electron chi connectivity index (χ0n) is 14.0. The fourth-order valence-corrected chi connectivity index (χ4v) is 3.45. The van der Waals surface area contributed by atoms with Crippen LogP contribution in [0.15, 0.2) is 30.3 Å². The normalized spacial score (nSPS) is 21.9. The number of rotatable bonds is 6. The number of amides is 1. The van der Waals surface area contributed by atoms with E-state index in [9.17, 15) is 4.79 Å². The highest BCUT2D eigenvalue weighted by Gasteiger charge is 2.37. The van der Waals surface area contributed by atoms with Crippen molar-refractivity contribution in [3.63, 3.8) is 0 Å². The van der Waals surface area contributed by atoms with Crippen molar-refractivity contribution in [1.82, 2.24) is 4.90 Å². The summed E-state index contributed by atoms with van der Waals surface area (Å²) < 4.78 is 5.73. The highest BCUT2D eigenvalue weighted by molar-refractivity contribution is 5.80. The van der Waals surface area contributed by atoms with E-state index in [0.29, 0.717) is 12.5 Å². The molecule has 4 heteroatoms. The van der Waals surface area contributed by atoms with Crippen LogP contribution in [0.5, 0.6) is 0 Å². The molecule has 1 aliphatic carbocycles. The Morgan fingerprint density at radius 2 is 1.96 bits per heavy atom. The Kier molecular flexibility index (Phi) is 5.02. The van der Waals surface area contributed by atoms with Crippen molar-refractivity contribution in [2.75, 3.05) is 26.2 Å². The summed E-state index contributed by atoms with van der Waals surface area (Å²) in [5, 5.41) is 0. The largest absolute Gasteiger partial charge is 0.368 e. The van der Waals surface area contributed by atoms with Gasteiger partial charge >= 0.3 is 0 Å². The molecule has 1 unspecified atom stereocenters. The molecule has 126 valence electrons. The third-order valence-corrected chi connectivity index (χ3v) is 5.44. The Morgan fingerprint density at radius 1 is 1.30 bits per heavy atom. The van der Waals surface area contributed by atoms with Gasteiger partial charge in [-0.25, -0.2) is 0 Å². The molecule has 1 aromatic rings. The molecule has 1 aliphatic heterocycles. The van der Waals surface area contributed by atoms with E-state index in [2.05, 4.69) is 24.3 Å². The third-order valence-electron chi connectivity index (χ3n) is 5.44. The molecule has 2 N–H and O–H groups in total. The van der Waals surface area contributed by atoms with E-state index in [-0.39, 0.29) is 17.4 Å². The molecule has 0 spiro atoms. The summed E-state index contributed by atoms with van der Waals surface area (Å²) in [6, 6.07) is 10.5. The summed E-state index contributed by atoms with van der Waals surface area (Å²) >= 11 is 0. The predicted octanol–water partition coefficient (Wildman–Crippen LogP) is 2.32. The molecule has 0 radical (unpaired) electrons. The minimum absolute atomic E-state index is 0.0101. The van der Waals surface area contributed by atoms with E-state index < -0.39 is 0 Å². The summed E-state index contributed by atoms with van der Waals surface area (Å²) in [5.74, 6) is 0.818. The number of likely N-dealkylation sites (tertiary alicyclic amines) is 1. The van der Waals surface area contributed by atoms with Crippen molar-refractivity contribution in [3.05, 3.63) is 35.9 Å². The topological polar surface area (TPSA) is 55.6 Å². The van der Waals surface area contributed by atoms with E-state index in [4.69, 9.17) is 10.5 Å². The quantitative estimate of drug-likeness (QED) is 0.876. The number of nitrogens with two attached hydrogens (primary N) is 1. The number of nitrogens with zero attached hydrogens (tertiary/aromatic N) is 1. The van der Waals surface area contributed by atoms with Crippen molar-refractivity contribution in [1.29, 1.82) is 0 Å². The second-order valence-electron chi connectivity index (χ2n) is 7.09. The summed E-state index contributed by atoms with van der Waals surface area (Å²) in [5.41, 5.74) is 7.42. The molecule has 1 aromatic carbocycles. The Morgan fingerprint density at radius 3 is 2.52 bits per heavy atom. The van der Waals surface area contributed by atoms with Crippen LogP contribution in [-0.4, -0.2) is 43.2 Å². The summed E-state index contributed by atoms with van der Waals surface area (Å²) in [7, 11) is 0. The molecule has 4 nitrogen and oxygen atoms in total. The molecular weight excluding hydrogens is 288 g/mol. The molecule has 2 fully saturated rings. The standard InChI is InChI=1S/C19H28N2O2/c1-15(23-13-16-7-8-16)18(22)21-11-9-19(14-20,10-12-21)17-5-3-2-4-6-17/h2-6,15-16H,7-14,20H2,1H3. The van der Waals surface area contributed by atoms with Crippen LogP contribution < -0.4 is 5.73 Å². The summed E-state index contributed by atoms with van der Waals surface area (Å²) in [6.45, 7) is 4.78. The van der Waals surface area contributed by atoms with Crippen LogP contribution in [0.2, 0.25) is 0 Å². The van der Waals surface area contributed by atoms with E-state index >= 15 is 0 Å². The number of ether oxygens (including phenoxy) is 1. The Balaban J connectivity index is 1.57. The van der Waals surface area contributed by atoms with E-state index in [0.717, 1.165) is 32.5 Å². The monoisotopic (exact) mass is 316 g/mol. The van der Waals surface area contributed by atoms with Gasteiger partial charge in [0.15, 0.2) is 0 Å². The fourth-order valence-electron chi connectivity index (χ4n) is 3.45. The van der Waals surface area contributed by atoms with Gasteiger partial charge in [-0.3, -0.25) is 4.79 Å². The van der Waals surface area contributed by atoms with Crippen molar-refractivity contribution in [3.8, 4) is 0 Å². The van der Waals surface area contributed by atoms with E-state index in [1.54, 1.807) is 0 Å². The first-order valence-corrected chi connectivity index (χ1v) is 8.80. The molecule has 1 atom stereocenters. The maximum Gasteiger partial charge on any atom is 0.251 e. The zero-order chi connectivity index (χ0) is 16.3. The van der Waals surface area contributed by atoms with Crippen molar-refractivity contribution in [2.24, 2.45) is 11.7 Å². The molecule has 1 heterocycles. The minimum Gasteiger partial charge on any atom is -0.368 e. The highest BCUT2D eigenvalue weighted by Crippen LogP contribution is 2.35. The lowest BCUT2D eigenvalue weighted by molar-refractivity contribution is -0.144. The van der Waals surface area contributed by atoms with Crippen molar-refractivity contribution >= 4 is 5.91 Å². The van der Waals surface area contributed by atoms with Gasteiger partial charge in [-0.1, -0.05) is 30.3 Å². The van der Waals surface area contributed by atoms with Crippen LogP contribution in [0.4, 0.5) is 0 Å². The van der Waals surface area contributed by atoms with Crippen LogP contribution in [0.25, 0.3) is 0 Å². The first kappa shape index (κ1) is 16.5. The van der Waals surface area contributed by atoms with Crippen molar-refractivity contribution < 1.29 is 9.53 Å². The second kappa shape index (κ2) is 7.02. The number of hydrogen-bond donors (Lipinski definition) is 1. The predicted molar refractivity (Wildman–Crippen MR) is 91.1 cm³/mol. The average Bonchev–Trinajstić information content (AvgIpc) is 3.44. The lowest BCUT2D eigenvalue weighted by atomic mass is 9.73. The lowest BCUT2D eigenvalue weighted by Gasteiger charge is -2.42. The Hall–Kier alpha value is -1.39. The molecule has 0 aromatic heterocycles. The molecule has 1 amide bonds. The maximum atomic E-state index is 12.5. The molecular formula is C19H28N2O2. The molecule has 1 saturated heterocycles. The number of carbonyl (C=O) groups excluding carboxylic acids is 1. The average molecular weight is 316 g/mol. The second-order valence-corrected chi connectivity index (χ2v) is 7.09. The van der Waals surface area contributed by atoms with Gasteiger partial charge in [0, 0.05) is 25.0 Å². The zero-order valence-corrected chi connectivity index (χ0v) is 14.0. The molecule has 1 saturated carbocycles. The van der Waals surface area contributed by atoms with Gasteiger partial charge in [-0.05, 0) is 44.1 Å². The molecule has 0 bridgehead atoms. The fraction of sp³-hybridized carbons (Fsp3) is 0.632. The van der Waals surface area contributed by atoms with Gasteiger partial charge in [-0.2, -0.15) is 0 Å². The van der Waals surface area contributed by atoms with Gasteiger partial charge in [0.05, 0.1) is 6.61 Å². The highest BCUT2D eigenvalue weighted by atomic mass is 16.5. The smallest absolute Gasteiger partial charge is 0.251 e. The van der Waals surface area contributed by atoms with Gasteiger partial charge in [0.1, 0.15) is 6.10 Å². The third kappa shape index (κ3) is 3.75. The maximum absolute atomic E-state index is 12.5. The number of piperidine rings is 1. The minimum atomic E-state index is -0.322. The number of benzene rings is 1. The van der Waals surface area contributed by atoms with Gasteiger partial charge in [0.25, 0.3) is 5.91 Å². The Labute approximate surface area is 139 Å². The van der Waals surface area contributed by atoms with Crippen LogP contribution in [0, 0.1) is 5.92 Å². The van der Waals surface area contributed by atoms with Gasteiger partial charge in [-0.15, -0.1) is 0 Å². The van der Waals surface area contributed by atoms with E-state index in [1.165, 1.54) is 18.4 Å². The SMILES string of the molecule is CC(OCC1CC1)C(=O)N1CCC(CN)(c2ccccc2)CC1. The van der Waals surface area contributed by atoms with Gasteiger partial charge in [0.2, 0.25) is 0 Å².